The minimum atomic E-state index is -2.86. The van der Waals surface area contributed by atoms with Gasteiger partial charge in [-0.05, 0) is 6.92 Å². The molecule has 0 saturated carbocycles. The molecular formula is C8H15N3O2S. The van der Waals surface area contributed by atoms with Crippen LogP contribution in [-0.2, 0) is 16.4 Å². The van der Waals surface area contributed by atoms with E-state index in [0.29, 0.717) is 13.1 Å². The van der Waals surface area contributed by atoms with Crippen LogP contribution in [0.25, 0.3) is 0 Å². The van der Waals surface area contributed by atoms with Crippen LogP contribution in [0.1, 0.15) is 11.5 Å². The highest BCUT2D eigenvalue weighted by molar-refractivity contribution is 7.90. The second-order valence-electron chi connectivity index (χ2n) is 3.30. The fraction of sp³-hybridized carbons (Fsp3) is 0.625. The first-order valence-electron chi connectivity index (χ1n) is 4.36. The summed E-state index contributed by atoms with van der Waals surface area (Å²) in [6.45, 7) is 2.97. The number of nitrogens with one attached hydrogen (secondary N) is 2. The van der Waals surface area contributed by atoms with Crippen LogP contribution < -0.4 is 5.32 Å². The Balaban J connectivity index is 2.23. The van der Waals surface area contributed by atoms with Crippen LogP contribution >= 0.6 is 0 Å². The summed E-state index contributed by atoms with van der Waals surface area (Å²) >= 11 is 0. The molecule has 0 unspecified atom stereocenters. The average molecular weight is 217 g/mol. The summed E-state index contributed by atoms with van der Waals surface area (Å²) < 4.78 is 21.6. The number of hydrogen-bond donors (Lipinski definition) is 2. The number of sulfone groups is 1. The van der Waals surface area contributed by atoms with Crippen LogP contribution in [0.15, 0.2) is 6.20 Å². The number of hydrogen-bond acceptors (Lipinski definition) is 4. The summed E-state index contributed by atoms with van der Waals surface area (Å²) in [5.74, 6) is 1.03. The van der Waals surface area contributed by atoms with Gasteiger partial charge < -0.3 is 10.3 Å². The van der Waals surface area contributed by atoms with Crippen LogP contribution in [0, 0.1) is 6.92 Å². The second kappa shape index (κ2) is 4.56. The summed E-state index contributed by atoms with van der Waals surface area (Å²) in [5, 5.41) is 3.02. The Hall–Kier alpha value is -0.880. The van der Waals surface area contributed by atoms with Crippen molar-refractivity contribution in [3.8, 4) is 0 Å². The molecule has 0 aliphatic carbocycles. The van der Waals surface area contributed by atoms with Crippen molar-refractivity contribution in [1.82, 2.24) is 15.3 Å². The Morgan fingerprint density at radius 2 is 2.29 bits per heavy atom. The van der Waals surface area contributed by atoms with Gasteiger partial charge in [-0.1, -0.05) is 0 Å². The molecule has 1 rings (SSSR count). The molecule has 0 amide bonds. The van der Waals surface area contributed by atoms with Gasteiger partial charge in [-0.15, -0.1) is 0 Å². The number of aromatic nitrogens is 2. The maximum absolute atomic E-state index is 10.8. The highest BCUT2D eigenvalue weighted by atomic mass is 32.2. The molecule has 0 saturated heterocycles. The molecule has 0 aliphatic rings. The first kappa shape index (κ1) is 11.2. The van der Waals surface area contributed by atoms with Gasteiger partial charge in [0.05, 0.1) is 5.75 Å². The lowest BCUT2D eigenvalue weighted by molar-refractivity contribution is 0.596. The fourth-order valence-electron chi connectivity index (χ4n) is 1.04. The normalized spacial score (nSPS) is 11.9. The van der Waals surface area contributed by atoms with Crippen LogP contribution in [0.4, 0.5) is 0 Å². The van der Waals surface area contributed by atoms with Crippen molar-refractivity contribution in [2.75, 3.05) is 18.6 Å². The highest BCUT2D eigenvalue weighted by Gasteiger charge is 2.01. The Bertz CT molecular complexity index is 383. The Kier molecular flexibility index (Phi) is 3.65. The smallest absolute Gasteiger partial charge is 0.148 e. The Morgan fingerprint density at radius 1 is 1.57 bits per heavy atom. The summed E-state index contributed by atoms with van der Waals surface area (Å²) in [6, 6.07) is 0. The van der Waals surface area contributed by atoms with E-state index < -0.39 is 9.84 Å². The van der Waals surface area contributed by atoms with Crippen LogP contribution in [-0.4, -0.2) is 36.9 Å². The van der Waals surface area contributed by atoms with Crippen molar-refractivity contribution >= 4 is 9.84 Å². The van der Waals surface area contributed by atoms with Crippen molar-refractivity contribution in [2.45, 2.75) is 13.5 Å². The van der Waals surface area contributed by atoms with Gasteiger partial charge >= 0.3 is 0 Å². The van der Waals surface area contributed by atoms with E-state index >= 15 is 0 Å². The first-order valence-corrected chi connectivity index (χ1v) is 6.42. The Morgan fingerprint density at radius 3 is 2.79 bits per heavy atom. The zero-order valence-corrected chi connectivity index (χ0v) is 9.19. The van der Waals surface area contributed by atoms with E-state index in [1.165, 1.54) is 6.26 Å². The standard InChI is InChI=1S/C8H15N3O2S/c1-7-10-6-8(11-7)5-9-3-4-14(2,12)13/h6,9H,3-5H2,1-2H3,(H,10,11). The number of nitrogens with zero attached hydrogens (tertiary/aromatic N) is 1. The van der Waals surface area contributed by atoms with Crippen molar-refractivity contribution in [1.29, 1.82) is 0 Å². The average Bonchev–Trinajstić information content (AvgIpc) is 2.44. The van der Waals surface area contributed by atoms with E-state index in [-0.39, 0.29) is 5.75 Å². The molecule has 0 radical (unpaired) electrons. The van der Waals surface area contributed by atoms with Crippen molar-refractivity contribution < 1.29 is 8.42 Å². The molecule has 6 heteroatoms. The zero-order chi connectivity index (χ0) is 10.6. The van der Waals surface area contributed by atoms with Crippen LogP contribution in [0.2, 0.25) is 0 Å². The van der Waals surface area contributed by atoms with Gasteiger partial charge in [-0.3, -0.25) is 0 Å². The van der Waals surface area contributed by atoms with E-state index in [1.54, 1.807) is 6.20 Å². The molecular weight excluding hydrogens is 202 g/mol. The summed E-state index contributed by atoms with van der Waals surface area (Å²) in [6.07, 6.45) is 2.97. The van der Waals surface area contributed by atoms with E-state index in [1.807, 2.05) is 6.92 Å². The molecule has 14 heavy (non-hydrogen) atoms. The third-order valence-corrected chi connectivity index (χ3v) is 2.67. The fourth-order valence-corrected chi connectivity index (χ4v) is 1.56. The summed E-state index contributed by atoms with van der Waals surface area (Å²) in [7, 11) is -2.86. The summed E-state index contributed by atoms with van der Waals surface area (Å²) in [5.41, 5.74) is 0.969. The zero-order valence-electron chi connectivity index (χ0n) is 8.37. The molecule has 80 valence electrons. The van der Waals surface area contributed by atoms with E-state index in [2.05, 4.69) is 15.3 Å². The van der Waals surface area contributed by atoms with Gasteiger partial charge in [0.15, 0.2) is 0 Å². The number of rotatable bonds is 5. The summed E-state index contributed by atoms with van der Waals surface area (Å²) in [4.78, 5) is 7.08. The van der Waals surface area contributed by atoms with Gasteiger partial charge in [0.2, 0.25) is 0 Å². The van der Waals surface area contributed by atoms with Crippen molar-refractivity contribution in [3.05, 3.63) is 17.7 Å². The minimum Gasteiger partial charge on any atom is -0.345 e. The quantitative estimate of drug-likeness (QED) is 0.673. The van der Waals surface area contributed by atoms with Gasteiger partial charge in [-0.25, -0.2) is 13.4 Å². The molecule has 0 atom stereocenters. The molecule has 0 aliphatic heterocycles. The van der Waals surface area contributed by atoms with Crippen LogP contribution in [0.3, 0.4) is 0 Å². The molecule has 2 N–H and O–H groups in total. The maximum atomic E-state index is 10.8. The highest BCUT2D eigenvalue weighted by Crippen LogP contribution is 1.94. The minimum absolute atomic E-state index is 0.167. The lowest BCUT2D eigenvalue weighted by Crippen LogP contribution is -2.22. The van der Waals surface area contributed by atoms with Gasteiger partial charge in [0.25, 0.3) is 0 Å². The SMILES string of the molecule is Cc1ncc(CNCCS(C)(=O)=O)[nH]1. The van der Waals surface area contributed by atoms with Crippen molar-refractivity contribution in [3.63, 3.8) is 0 Å². The molecule has 0 bridgehead atoms. The van der Waals surface area contributed by atoms with Gasteiger partial charge in [-0.2, -0.15) is 0 Å². The van der Waals surface area contributed by atoms with Crippen LogP contribution in [0.5, 0.6) is 0 Å². The third-order valence-electron chi connectivity index (χ3n) is 1.72. The molecule has 0 spiro atoms. The molecule has 1 aromatic heterocycles. The molecule has 5 nitrogen and oxygen atoms in total. The molecule has 1 aromatic rings. The van der Waals surface area contributed by atoms with E-state index in [0.717, 1.165) is 11.5 Å². The van der Waals surface area contributed by atoms with Gasteiger partial charge in [0.1, 0.15) is 15.7 Å². The number of H-pyrrole nitrogens is 1. The largest absolute Gasteiger partial charge is 0.345 e. The lowest BCUT2D eigenvalue weighted by Gasteiger charge is -2.01. The molecule has 0 aromatic carbocycles. The van der Waals surface area contributed by atoms with Crippen molar-refractivity contribution in [2.24, 2.45) is 0 Å². The number of aryl methyl sites for hydroxylation is 1. The predicted molar refractivity (Wildman–Crippen MR) is 54.7 cm³/mol. The first-order chi connectivity index (χ1) is 6.47. The Labute approximate surface area is 83.9 Å². The lowest BCUT2D eigenvalue weighted by atomic mass is 10.5. The molecule has 1 heterocycles. The van der Waals surface area contributed by atoms with E-state index in [4.69, 9.17) is 0 Å². The monoisotopic (exact) mass is 217 g/mol. The van der Waals surface area contributed by atoms with E-state index in [9.17, 15) is 8.42 Å². The van der Waals surface area contributed by atoms with Gasteiger partial charge in [0, 0.05) is 31.2 Å². The number of imidazole rings is 1. The topological polar surface area (TPSA) is 74.8 Å². The predicted octanol–water partition coefficient (Wildman–Crippen LogP) is -0.148. The third kappa shape index (κ3) is 4.38. The molecule has 0 fully saturated rings. The maximum Gasteiger partial charge on any atom is 0.148 e. The second-order valence-corrected chi connectivity index (χ2v) is 5.56. The number of aromatic amines is 1.